The fourth-order valence-corrected chi connectivity index (χ4v) is 1.95. The van der Waals surface area contributed by atoms with Gasteiger partial charge in [0.1, 0.15) is 5.75 Å². The summed E-state index contributed by atoms with van der Waals surface area (Å²) in [5.41, 5.74) is 2.05. The molecule has 18 heavy (non-hydrogen) atoms. The van der Waals surface area contributed by atoms with Gasteiger partial charge in [-0.3, -0.25) is 4.79 Å². The van der Waals surface area contributed by atoms with E-state index in [4.69, 9.17) is 16.3 Å². The second kappa shape index (κ2) is 5.69. The van der Waals surface area contributed by atoms with E-state index in [1.807, 2.05) is 36.4 Å². The van der Waals surface area contributed by atoms with E-state index >= 15 is 0 Å². The van der Waals surface area contributed by atoms with Crippen LogP contribution in [0.2, 0.25) is 5.02 Å². The summed E-state index contributed by atoms with van der Waals surface area (Å²) < 4.78 is 5.18. The Hall–Kier alpha value is -1.80. The standard InChI is InChI=1S/C15H13ClO2/c1-11(17)18-15-8-7-14(16)10-13(15)9-12-5-3-2-4-6-12/h2-8,10H,9H2,1H3. The van der Waals surface area contributed by atoms with Crippen molar-refractivity contribution in [2.75, 3.05) is 0 Å². The molecule has 0 amide bonds. The summed E-state index contributed by atoms with van der Waals surface area (Å²) in [5.74, 6) is 0.238. The lowest BCUT2D eigenvalue weighted by Crippen LogP contribution is -2.04. The van der Waals surface area contributed by atoms with Crippen LogP contribution in [-0.4, -0.2) is 5.97 Å². The molecule has 92 valence electrons. The second-order valence-electron chi connectivity index (χ2n) is 4.01. The predicted octanol–water partition coefficient (Wildman–Crippen LogP) is 3.86. The summed E-state index contributed by atoms with van der Waals surface area (Å²) in [4.78, 5) is 11.0. The maximum atomic E-state index is 11.0. The highest BCUT2D eigenvalue weighted by Gasteiger charge is 2.07. The van der Waals surface area contributed by atoms with E-state index in [0.29, 0.717) is 17.2 Å². The Labute approximate surface area is 111 Å². The van der Waals surface area contributed by atoms with Gasteiger partial charge < -0.3 is 4.74 Å². The summed E-state index contributed by atoms with van der Waals surface area (Å²) in [5, 5.41) is 0.636. The minimum Gasteiger partial charge on any atom is -0.426 e. The van der Waals surface area contributed by atoms with Crippen LogP contribution in [0.4, 0.5) is 0 Å². The third kappa shape index (κ3) is 3.34. The molecule has 3 heteroatoms. The van der Waals surface area contributed by atoms with Gasteiger partial charge in [0.05, 0.1) is 0 Å². The smallest absolute Gasteiger partial charge is 0.308 e. The van der Waals surface area contributed by atoms with Gasteiger partial charge in [0.15, 0.2) is 0 Å². The summed E-state index contributed by atoms with van der Waals surface area (Å²) in [7, 11) is 0. The molecule has 2 rings (SSSR count). The van der Waals surface area contributed by atoms with Crippen molar-refractivity contribution in [1.29, 1.82) is 0 Å². The van der Waals surface area contributed by atoms with Gasteiger partial charge in [-0.25, -0.2) is 0 Å². The Bertz CT molecular complexity index is 550. The number of ether oxygens (including phenoxy) is 1. The number of halogens is 1. The van der Waals surface area contributed by atoms with Crippen molar-refractivity contribution in [3.63, 3.8) is 0 Å². The Morgan fingerprint density at radius 2 is 1.89 bits per heavy atom. The van der Waals surface area contributed by atoms with Gasteiger partial charge in [0.25, 0.3) is 0 Å². The van der Waals surface area contributed by atoms with E-state index in [1.165, 1.54) is 6.92 Å². The first-order valence-electron chi connectivity index (χ1n) is 5.66. The molecule has 0 unspecified atom stereocenters. The first-order valence-corrected chi connectivity index (χ1v) is 6.04. The van der Waals surface area contributed by atoms with Crippen LogP contribution in [-0.2, 0) is 11.2 Å². The number of hydrogen-bond donors (Lipinski definition) is 0. The third-order valence-corrected chi connectivity index (χ3v) is 2.75. The van der Waals surface area contributed by atoms with Crippen molar-refractivity contribution in [3.8, 4) is 5.75 Å². The highest BCUT2D eigenvalue weighted by molar-refractivity contribution is 6.30. The van der Waals surface area contributed by atoms with Crippen LogP contribution in [0.1, 0.15) is 18.1 Å². The molecular weight excluding hydrogens is 248 g/mol. The van der Waals surface area contributed by atoms with Crippen LogP contribution in [0, 0.1) is 0 Å². The molecule has 0 fully saturated rings. The van der Waals surface area contributed by atoms with Crippen LogP contribution in [0.25, 0.3) is 0 Å². The summed E-state index contributed by atoms with van der Waals surface area (Å²) in [6.45, 7) is 1.39. The molecule has 2 aromatic rings. The molecule has 0 N–H and O–H groups in total. The first kappa shape index (κ1) is 12.7. The molecule has 0 saturated heterocycles. The molecule has 0 spiro atoms. The SMILES string of the molecule is CC(=O)Oc1ccc(Cl)cc1Cc1ccccc1. The highest BCUT2D eigenvalue weighted by atomic mass is 35.5. The minimum atomic E-state index is -0.327. The average molecular weight is 261 g/mol. The number of carbonyl (C=O) groups is 1. The van der Waals surface area contributed by atoms with E-state index < -0.39 is 0 Å². The zero-order valence-corrected chi connectivity index (χ0v) is 10.8. The number of hydrogen-bond acceptors (Lipinski definition) is 2. The first-order chi connectivity index (χ1) is 8.65. The number of carbonyl (C=O) groups excluding carboxylic acids is 1. The average Bonchev–Trinajstić information content (AvgIpc) is 2.33. The Kier molecular flexibility index (Phi) is 4.00. The fourth-order valence-electron chi connectivity index (χ4n) is 1.76. The molecule has 0 atom stereocenters. The second-order valence-corrected chi connectivity index (χ2v) is 4.44. The van der Waals surface area contributed by atoms with E-state index in [9.17, 15) is 4.79 Å². The largest absolute Gasteiger partial charge is 0.426 e. The zero-order valence-electron chi connectivity index (χ0n) is 10.0. The molecule has 0 aliphatic heterocycles. The van der Waals surface area contributed by atoms with Gasteiger partial charge in [0, 0.05) is 23.9 Å². The fraction of sp³-hybridized carbons (Fsp3) is 0.133. The van der Waals surface area contributed by atoms with Crippen LogP contribution >= 0.6 is 11.6 Å². The molecule has 0 heterocycles. The van der Waals surface area contributed by atoms with Crippen LogP contribution in [0.5, 0.6) is 5.75 Å². The Morgan fingerprint density at radius 3 is 2.56 bits per heavy atom. The lowest BCUT2D eigenvalue weighted by atomic mass is 10.0. The Balaban J connectivity index is 2.30. The quantitative estimate of drug-likeness (QED) is 0.619. The van der Waals surface area contributed by atoms with Gasteiger partial charge in [-0.15, -0.1) is 0 Å². The van der Waals surface area contributed by atoms with Gasteiger partial charge in [-0.05, 0) is 23.8 Å². The molecule has 0 bridgehead atoms. The lowest BCUT2D eigenvalue weighted by Gasteiger charge is -2.09. The van der Waals surface area contributed by atoms with Crippen molar-refractivity contribution in [1.82, 2.24) is 0 Å². The molecule has 0 aliphatic carbocycles. The normalized spacial score (nSPS) is 10.1. The molecule has 0 aliphatic rings. The van der Waals surface area contributed by atoms with Crippen molar-refractivity contribution in [2.45, 2.75) is 13.3 Å². The Morgan fingerprint density at radius 1 is 1.17 bits per heavy atom. The third-order valence-electron chi connectivity index (χ3n) is 2.51. The summed E-state index contributed by atoms with van der Waals surface area (Å²) in [6.07, 6.45) is 0.685. The molecule has 0 radical (unpaired) electrons. The maximum absolute atomic E-state index is 11.0. The monoisotopic (exact) mass is 260 g/mol. The molecular formula is C15H13ClO2. The lowest BCUT2D eigenvalue weighted by molar-refractivity contribution is -0.131. The number of rotatable bonds is 3. The van der Waals surface area contributed by atoms with Crippen LogP contribution < -0.4 is 4.74 Å². The van der Waals surface area contributed by atoms with E-state index in [1.54, 1.807) is 12.1 Å². The van der Waals surface area contributed by atoms with E-state index in [2.05, 4.69) is 0 Å². The molecule has 0 aromatic heterocycles. The van der Waals surface area contributed by atoms with Crippen molar-refractivity contribution in [3.05, 3.63) is 64.7 Å². The van der Waals surface area contributed by atoms with Crippen molar-refractivity contribution in [2.24, 2.45) is 0 Å². The maximum Gasteiger partial charge on any atom is 0.308 e. The molecule has 2 nitrogen and oxygen atoms in total. The van der Waals surface area contributed by atoms with Gasteiger partial charge >= 0.3 is 5.97 Å². The summed E-state index contributed by atoms with van der Waals surface area (Å²) in [6, 6.07) is 15.2. The van der Waals surface area contributed by atoms with Crippen molar-refractivity contribution < 1.29 is 9.53 Å². The highest BCUT2D eigenvalue weighted by Crippen LogP contribution is 2.25. The van der Waals surface area contributed by atoms with E-state index in [0.717, 1.165) is 11.1 Å². The number of benzene rings is 2. The topological polar surface area (TPSA) is 26.3 Å². The van der Waals surface area contributed by atoms with Gasteiger partial charge in [0.2, 0.25) is 0 Å². The van der Waals surface area contributed by atoms with Crippen LogP contribution in [0.15, 0.2) is 48.5 Å². The minimum absolute atomic E-state index is 0.327. The summed E-state index contributed by atoms with van der Waals surface area (Å²) >= 11 is 5.98. The van der Waals surface area contributed by atoms with E-state index in [-0.39, 0.29) is 5.97 Å². The van der Waals surface area contributed by atoms with Gasteiger partial charge in [-0.1, -0.05) is 41.9 Å². The number of esters is 1. The molecule has 2 aromatic carbocycles. The van der Waals surface area contributed by atoms with Crippen molar-refractivity contribution >= 4 is 17.6 Å². The zero-order chi connectivity index (χ0) is 13.0. The predicted molar refractivity (Wildman–Crippen MR) is 72.0 cm³/mol. The molecule has 0 saturated carbocycles. The van der Waals surface area contributed by atoms with Crippen LogP contribution in [0.3, 0.4) is 0 Å². The van der Waals surface area contributed by atoms with Gasteiger partial charge in [-0.2, -0.15) is 0 Å².